The molecule has 0 aliphatic heterocycles. The van der Waals surface area contributed by atoms with Crippen LogP contribution < -0.4 is 9.46 Å². The van der Waals surface area contributed by atoms with Crippen LogP contribution in [0.25, 0.3) is 0 Å². The maximum atomic E-state index is 12.6. The van der Waals surface area contributed by atoms with Crippen molar-refractivity contribution in [2.75, 3.05) is 13.7 Å². The number of benzene rings is 2. The molecular weight excluding hydrogens is 310 g/mol. The van der Waals surface area contributed by atoms with Crippen LogP contribution in [-0.2, 0) is 16.4 Å². The number of methoxy groups -OCH3 is 1. The summed E-state index contributed by atoms with van der Waals surface area (Å²) in [4.78, 5) is 0.383. The van der Waals surface area contributed by atoms with Gasteiger partial charge >= 0.3 is 0 Å². The highest BCUT2D eigenvalue weighted by molar-refractivity contribution is 7.89. The Hall–Kier alpha value is -1.85. The van der Waals surface area contributed by atoms with Crippen molar-refractivity contribution in [3.8, 4) is 5.75 Å². The van der Waals surface area contributed by atoms with Crippen LogP contribution in [0.2, 0.25) is 0 Å². The number of hydrogen-bond donors (Lipinski definition) is 1. The van der Waals surface area contributed by atoms with Gasteiger partial charge in [0.25, 0.3) is 0 Å². The van der Waals surface area contributed by atoms with E-state index in [-0.39, 0.29) is 0 Å². The van der Waals surface area contributed by atoms with Crippen LogP contribution in [0.3, 0.4) is 0 Å². The first-order chi connectivity index (χ1) is 10.8. The maximum Gasteiger partial charge on any atom is 0.241 e. The Labute approximate surface area is 138 Å². The van der Waals surface area contributed by atoms with Gasteiger partial charge in [-0.1, -0.05) is 29.8 Å². The van der Waals surface area contributed by atoms with Crippen molar-refractivity contribution in [1.82, 2.24) is 4.72 Å². The van der Waals surface area contributed by atoms with Crippen LogP contribution in [-0.4, -0.2) is 22.1 Å². The SMILES string of the molecule is COc1cccc(CCNS(=O)(=O)c2c(C)cc(C)cc2C)c1. The van der Waals surface area contributed by atoms with E-state index in [4.69, 9.17) is 4.74 Å². The van der Waals surface area contributed by atoms with Gasteiger partial charge in [0.2, 0.25) is 10.0 Å². The molecule has 0 saturated carbocycles. The van der Waals surface area contributed by atoms with Gasteiger partial charge in [0, 0.05) is 6.54 Å². The normalized spacial score (nSPS) is 11.5. The van der Waals surface area contributed by atoms with E-state index in [1.54, 1.807) is 7.11 Å². The van der Waals surface area contributed by atoms with Gasteiger partial charge in [-0.2, -0.15) is 0 Å². The number of rotatable bonds is 6. The Kier molecular flexibility index (Phi) is 5.44. The lowest BCUT2D eigenvalue weighted by molar-refractivity contribution is 0.414. The van der Waals surface area contributed by atoms with Crippen LogP contribution in [0.4, 0.5) is 0 Å². The molecule has 0 aliphatic rings. The van der Waals surface area contributed by atoms with Crippen LogP contribution >= 0.6 is 0 Å². The van der Waals surface area contributed by atoms with Crippen molar-refractivity contribution in [2.45, 2.75) is 32.1 Å². The van der Waals surface area contributed by atoms with Gasteiger partial charge in [-0.3, -0.25) is 0 Å². The number of sulfonamides is 1. The monoisotopic (exact) mass is 333 g/mol. The lowest BCUT2D eigenvalue weighted by Crippen LogP contribution is -2.27. The number of aryl methyl sites for hydroxylation is 3. The van der Waals surface area contributed by atoms with Crippen LogP contribution in [0.15, 0.2) is 41.3 Å². The zero-order valence-corrected chi connectivity index (χ0v) is 14.8. The second kappa shape index (κ2) is 7.15. The standard InChI is InChI=1S/C18H23NO3S/c1-13-10-14(2)18(15(3)11-13)23(20,21)19-9-8-16-6-5-7-17(12-16)22-4/h5-7,10-12,19H,8-9H2,1-4H3. The van der Waals surface area contributed by atoms with E-state index < -0.39 is 10.0 Å². The smallest absolute Gasteiger partial charge is 0.241 e. The van der Waals surface area contributed by atoms with Gasteiger partial charge < -0.3 is 4.74 Å². The summed E-state index contributed by atoms with van der Waals surface area (Å²) in [6, 6.07) is 11.4. The first-order valence-electron chi connectivity index (χ1n) is 7.54. The molecule has 0 radical (unpaired) electrons. The third-order valence-corrected chi connectivity index (χ3v) is 5.48. The van der Waals surface area contributed by atoms with Crippen LogP contribution in [0.1, 0.15) is 22.3 Å². The average molecular weight is 333 g/mol. The van der Waals surface area contributed by atoms with Gasteiger partial charge in [0.1, 0.15) is 5.75 Å². The molecule has 23 heavy (non-hydrogen) atoms. The molecule has 5 heteroatoms. The van der Waals surface area contributed by atoms with Crippen molar-refractivity contribution in [3.05, 3.63) is 58.7 Å². The van der Waals surface area contributed by atoms with E-state index in [0.717, 1.165) is 28.0 Å². The zero-order valence-electron chi connectivity index (χ0n) is 14.0. The van der Waals surface area contributed by atoms with Gasteiger partial charge in [0.15, 0.2) is 0 Å². The van der Waals surface area contributed by atoms with E-state index in [2.05, 4.69) is 4.72 Å². The summed E-state index contributed by atoms with van der Waals surface area (Å²) in [5.41, 5.74) is 3.65. The van der Waals surface area contributed by atoms with Crippen molar-refractivity contribution in [2.24, 2.45) is 0 Å². The fraction of sp³-hybridized carbons (Fsp3) is 0.333. The van der Waals surface area contributed by atoms with E-state index in [1.807, 2.05) is 57.2 Å². The Balaban J connectivity index is 2.10. The summed E-state index contributed by atoms with van der Waals surface area (Å²) in [5, 5.41) is 0. The van der Waals surface area contributed by atoms with Crippen molar-refractivity contribution >= 4 is 10.0 Å². The number of ether oxygens (including phenoxy) is 1. The molecule has 0 aromatic heterocycles. The molecule has 0 spiro atoms. The molecular formula is C18H23NO3S. The van der Waals surface area contributed by atoms with Crippen LogP contribution in [0.5, 0.6) is 5.75 Å². The molecule has 4 nitrogen and oxygen atoms in total. The second-order valence-corrected chi connectivity index (χ2v) is 7.43. The predicted molar refractivity (Wildman–Crippen MR) is 92.5 cm³/mol. The molecule has 0 amide bonds. The summed E-state index contributed by atoms with van der Waals surface area (Å²) < 4.78 is 33.0. The number of hydrogen-bond acceptors (Lipinski definition) is 3. The fourth-order valence-corrected chi connectivity index (χ4v) is 4.30. The molecule has 0 saturated heterocycles. The van der Waals surface area contributed by atoms with E-state index in [9.17, 15) is 8.42 Å². The largest absolute Gasteiger partial charge is 0.497 e. The third-order valence-electron chi connectivity index (χ3n) is 3.71. The van der Waals surface area contributed by atoms with Crippen LogP contribution in [0, 0.1) is 20.8 Å². The molecule has 2 rings (SSSR count). The van der Waals surface area contributed by atoms with Gasteiger partial charge in [-0.15, -0.1) is 0 Å². The third kappa shape index (κ3) is 4.33. The molecule has 0 atom stereocenters. The fourth-order valence-electron chi connectivity index (χ4n) is 2.82. The van der Waals surface area contributed by atoms with Crippen molar-refractivity contribution in [3.63, 3.8) is 0 Å². The summed E-state index contributed by atoms with van der Waals surface area (Å²) in [7, 11) is -1.89. The summed E-state index contributed by atoms with van der Waals surface area (Å²) >= 11 is 0. The quantitative estimate of drug-likeness (QED) is 0.883. The second-order valence-electron chi connectivity index (χ2n) is 5.73. The summed E-state index contributed by atoms with van der Waals surface area (Å²) in [6.07, 6.45) is 0.611. The highest BCUT2D eigenvalue weighted by atomic mass is 32.2. The number of nitrogens with one attached hydrogen (secondary N) is 1. The first-order valence-corrected chi connectivity index (χ1v) is 9.02. The highest BCUT2D eigenvalue weighted by Crippen LogP contribution is 2.21. The predicted octanol–water partition coefficient (Wildman–Crippen LogP) is 3.14. The minimum atomic E-state index is -3.51. The van der Waals surface area contributed by atoms with Gasteiger partial charge in [-0.05, 0) is 56.0 Å². The Morgan fingerprint density at radius 1 is 1.04 bits per heavy atom. The minimum Gasteiger partial charge on any atom is -0.497 e. The Bertz CT molecular complexity index is 775. The first kappa shape index (κ1) is 17.5. The Morgan fingerprint density at radius 2 is 1.70 bits per heavy atom. The zero-order chi connectivity index (χ0) is 17.0. The molecule has 0 fully saturated rings. The van der Waals surface area contributed by atoms with E-state index in [0.29, 0.717) is 17.9 Å². The molecule has 0 bridgehead atoms. The Morgan fingerprint density at radius 3 is 2.30 bits per heavy atom. The minimum absolute atomic E-state index is 0.349. The molecule has 1 N–H and O–H groups in total. The summed E-state index contributed by atoms with van der Waals surface area (Å²) in [5.74, 6) is 0.774. The molecule has 2 aromatic carbocycles. The molecule has 2 aromatic rings. The topological polar surface area (TPSA) is 55.4 Å². The summed E-state index contributed by atoms with van der Waals surface area (Å²) in [6.45, 7) is 5.97. The molecule has 0 aliphatic carbocycles. The average Bonchev–Trinajstić information content (AvgIpc) is 2.45. The van der Waals surface area contributed by atoms with Gasteiger partial charge in [-0.25, -0.2) is 13.1 Å². The lowest BCUT2D eigenvalue weighted by atomic mass is 10.1. The lowest BCUT2D eigenvalue weighted by Gasteiger charge is -2.13. The molecule has 0 unspecified atom stereocenters. The van der Waals surface area contributed by atoms with Gasteiger partial charge in [0.05, 0.1) is 12.0 Å². The van der Waals surface area contributed by atoms with E-state index in [1.165, 1.54) is 0 Å². The molecule has 0 heterocycles. The van der Waals surface area contributed by atoms with E-state index >= 15 is 0 Å². The van der Waals surface area contributed by atoms with Crippen molar-refractivity contribution in [1.29, 1.82) is 0 Å². The maximum absolute atomic E-state index is 12.6. The molecule has 124 valence electrons. The highest BCUT2D eigenvalue weighted by Gasteiger charge is 2.19. The van der Waals surface area contributed by atoms with Crippen molar-refractivity contribution < 1.29 is 13.2 Å².